The van der Waals surface area contributed by atoms with Crippen LogP contribution in [0.25, 0.3) is 0 Å². The minimum Gasteiger partial charge on any atom is -0.397 e. The Labute approximate surface area is 46.7 Å². The Morgan fingerprint density at radius 1 is 1.71 bits per heavy atom. The van der Waals surface area contributed by atoms with E-state index in [1.54, 1.807) is 13.0 Å². The fourth-order valence-electron chi connectivity index (χ4n) is 0. The summed E-state index contributed by atoms with van der Waals surface area (Å²) in [6.45, 7) is 7.18. The van der Waals surface area contributed by atoms with Crippen molar-refractivity contribution >= 4 is 0 Å². The quantitative estimate of drug-likeness (QED) is 0.465. The molecule has 0 rings (SSSR count). The molecule has 0 fully saturated rings. The average molecular weight is 104 g/mol. The average Bonchev–Trinajstić information content (AvgIpc) is 1.39. The first kappa shape index (κ1) is 15.9. The Balaban J connectivity index is -0.0000000400. The molecule has 1 N–H and O–H groups in total. The molecule has 0 aliphatic heterocycles. The van der Waals surface area contributed by atoms with Crippen molar-refractivity contribution in [1.82, 2.24) is 0 Å². The van der Waals surface area contributed by atoms with Gasteiger partial charge < -0.3 is 5.11 Å². The number of rotatable bonds is 0. The van der Waals surface area contributed by atoms with Gasteiger partial charge in [-0.05, 0) is 13.8 Å². The van der Waals surface area contributed by atoms with Crippen LogP contribution in [0.2, 0.25) is 0 Å². The third kappa shape index (κ3) is 867. The van der Waals surface area contributed by atoms with Crippen molar-refractivity contribution in [3.8, 4) is 0 Å². The maximum absolute atomic E-state index is 7.57. The highest BCUT2D eigenvalue weighted by Gasteiger charge is 1.34. The molecule has 0 saturated carbocycles. The van der Waals surface area contributed by atoms with Crippen LogP contribution in [0.3, 0.4) is 0 Å². The standard InChI is InChI=1S/C3H6.C2H6O.CH4/c1-3-2;1-2-3;/h3H,1H2,2H3;3H,2H2,1H3;1H4. The van der Waals surface area contributed by atoms with Crippen LogP contribution in [0.4, 0.5) is 0 Å². The molecular weight excluding hydrogens is 88.1 g/mol. The lowest BCUT2D eigenvalue weighted by molar-refractivity contribution is 0.318. The van der Waals surface area contributed by atoms with E-state index in [-0.39, 0.29) is 14.0 Å². The topological polar surface area (TPSA) is 20.2 Å². The monoisotopic (exact) mass is 104 g/mol. The van der Waals surface area contributed by atoms with E-state index in [0.717, 1.165) is 0 Å². The first-order valence-electron chi connectivity index (χ1n) is 2.01. The molecule has 0 radical (unpaired) electrons. The molecule has 0 heterocycles. The van der Waals surface area contributed by atoms with Gasteiger partial charge in [-0.1, -0.05) is 13.5 Å². The summed E-state index contributed by atoms with van der Waals surface area (Å²) in [7, 11) is 0. The second kappa shape index (κ2) is 43.6. The highest BCUT2D eigenvalue weighted by Crippen LogP contribution is 1.38. The van der Waals surface area contributed by atoms with E-state index in [0.29, 0.717) is 0 Å². The van der Waals surface area contributed by atoms with Crippen LogP contribution in [0.5, 0.6) is 0 Å². The summed E-state index contributed by atoms with van der Waals surface area (Å²) in [6.07, 6.45) is 1.75. The maximum atomic E-state index is 7.57. The zero-order chi connectivity index (χ0) is 5.41. The van der Waals surface area contributed by atoms with Crippen molar-refractivity contribution in [2.24, 2.45) is 0 Å². The van der Waals surface area contributed by atoms with Gasteiger partial charge in [-0.3, -0.25) is 0 Å². The molecule has 0 aliphatic carbocycles. The molecule has 0 aromatic rings. The van der Waals surface area contributed by atoms with Crippen molar-refractivity contribution in [3.05, 3.63) is 12.7 Å². The second-order valence-corrected chi connectivity index (χ2v) is 0.724. The second-order valence-electron chi connectivity index (χ2n) is 0.724. The maximum Gasteiger partial charge on any atom is 0.0402 e. The Hall–Kier alpha value is -0.300. The summed E-state index contributed by atoms with van der Waals surface area (Å²) >= 11 is 0. The van der Waals surface area contributed by atoms with E-state index in [4.69, 9.17) is 5.11 Å². The van der Waals surface area contributed by atoms with Gasteiger partial charge in [0.25, 0.3) is 0 Å². The summed E-state index contributed by atoms with van der Waals surface area (Å²) in [5.41, 5.74) is 0. The lowest BCUT2D eigenvalue weighted by atomic mass is 10.8. The summed E-state index contributed by atoms with van der Waals surface area (Å²) < 4.78 is 0. The minimum atomic E-state index is 0. The van der Waals surface area contributed by atoms with Crippen LogP contribution in [0.15, 0.2) is 12.7 Å². The molecule has 7 heavy (non-hydrogen) atoms. The Morgan fingerprint density at radius 2 is 1.71 bits per heavy atom. The first-order chi connectivity index (χ1) is 2.83. The van der Waals surface area contributed by atoms with Crippen LogP contribution in [0, 0.1) is 0 Å². The van der Waals surface area contributed by atoms with Gasteiger partial charge in [0.15, 0.2) is 0 Å². The molecule has 0 aliphatic rings. The van der Waals surface area contributed by atoms with Gasteiger partial charge in [0.1, 0.15) is 0 Å². The molecule has 46 valence electrons. The van der Waals surface area contributed by atoms with Crippen molar-refractivity contribution in [1.29, 1.82) is 0 Å². The van der Waals surface area contributed by atoms with Gasteiger partial charge >= 0.3 is 0 Å². The van der Waals surface area contributed by atoms with Gasteiger partial charge in [-0.25, -0.2) is 0 Å². The zero-order valence-electron chi connectivity index (χ0n) is 4.44. The normalized spacial score (nSPS) is 4.43. The van der Waals surface area contributed by atoms with Crippen LogP contribution in [0.1, 0.15) is 21.3 Å². The smallest absolute Gasteiger partial charge is 0.0402 e. The molecule has 0 aromatic heterocycles. The zero-order valence-corrected chi connectivity index (χ0v) is 4.44. The van der Waals surface area contributed by atoms with E-state index in [2.05, 4.69) is 6.58 Å². The van der Waals surface area contributed by atoms with Crippen molar-refractivity contribution < 1.29 is 5.11 Å². The first-order valence-corrected chi connectivity index (χ1v) is 2.01. The lowest BCUT2D eigenvalue weighted by Crippen LogP contribution is -1.57. The molecule has 0 saturated heterocycles. The van der Waals surface area contributed by atoms with Crippen molar-refractivity contribution in [2.45, 2.75) is 21.3 Å². The molecule has 0 spiro atoms. The number of aliphatic hydroxyl groups excluding tert-OH is 1. The molecule has 1 heteroatoms. The lowest BCUT2D eigenvalue weighted by Gasteiger charge is -1.52. The Kier molecular flexibility index (Phi) is 99.0. The third-order valence-electron chi connectivity index (χ3n) is 0. The SMILES string of the molecule is C.C=CC.CCO. The van der Waals surface area contributed by atoms with Gasteiger partial charge in [-0.15, -0.1) is 6.58 Å². The predicted octanol–water partition coefficient (Wildman–Crippen LogP) is 1.83. The van der Waals surface area contributed by atoms with Crippen molar-refractivity contribution in [3.63, 3.8) is 0 Å². The van der Waals surface area contributed by atoms with E-state index < -0.39 is 0 Å². The number of aliphatic hydroxyl groups is 1. The highest BCUT2D eigenvalue weighted by atomic mass is 16.2. The van der Waals surface area contributed by atoms with Crippen molar-refractivity contribution in [2.75, 3.05) is 6.61 Å². The largest absolute Gasteiger partial charge is 0.397 e. The molecule has 0 unspecified atom stereocenters. The third-order valence-corrected chi connectivity index (χ3v) is 0. The molecule has 0 atom stereocenters. The highest BCUT2D eigenvalue weighted by molar-refractivity contribution is 4.51. The van der Waals surface area contributed by atoms with Crippen LogP contribution in [-0.2, 0) is 0 Å². The van der Waals surface area contributed by atoms with Gasteiger partial charge in [0.05, 0.1) is 0 Å². The Morgan fingerprint density at radius 3 is 1.71 bits per heavy atom. The molecule has 1 nitrogen and oxygen atoms in total. The summed E-state index contributed by atoms with van der Waals surface area (Å²) in [5.74, 6) is 0. The van der Waals surface area contributed by atoms with E-state index in [1.165, 1.54) is 0 Å². The van der Waals surface area contributed by atoms with Gasteiger partial charge in [0.2, 0.25) is 0 Å². The van der Waals surface area contributed by atoms with Crippen LogP contribution in [-0.4, -0.2) is 11.7 Å². The summed E-state index contributed by atoms with van der Waals surface area (Å²) in [4.78, 5) is 0. The Bertz CT molecular complexity index is 18.1. The van der Waals surface area contributed by atoms with Gasteiger partial charge in [-0.2, -0.15) is 0 Å². The summed E-state index contributed by atoms with van der Waals surface area (Å²) in [6, 6.07) is 0. The van der Waals surface area contributed by atoms with E-state index in [9.17, 15) is 0 Å². The number of allylic oxidation sites excluding steroid dienone is 1. The predicted molar refractivity (Wildman–Crippen MR) is 35.4 cm³/mol. The summed E-state index contributed by atoms with van der Waals surface area (Å²) in [5, 5.41) is 7.57. The van der Waals surface area contributed by atoms with E-state index >= 15 is 0 Å². The minimum absolute atomic E-state index is 0. The fraction of sp³-hybridized carbons (Fsp3) is 0.667. The number of hydrogen-bond donors (Lipinski definition) is 1. The number of hydrogen-bond acceptors (Lipinski definition) is 1. The molecule has 0 aromatic carbocycles. The van der Waals surface area contributed by atoms with Gasteiger partial charge in [0, 0.05) is 6.61 Å². The molecule has 0 amide bonds. The fourth-order valence-corrected chi connectivity index (χ4v) is 0. The van der Waals surface area contributed by atoms with Crippen LogP contribution < -0.4 is 0 Å². The van der Waals surface area contributed by atoms with E-state index in [1.807, 2.05) is 6.92 Å². The molecule has 0 bridgehead atoms. The van der Waals surface area contributed by atoms with Crippen LogP contribution >= 0.6 is 0 Å². The molecular formula is C6H16O.